The minimum absolute atomic E-state index is 0.165. The molecule has 0 fully saturated rings. The minimum Gasteiger partial charge on any atom is -0.503 e. The van der Waals surface area contributed by atoms with E-state index in [1.807, 2.05) is 42.5 Å². The number of rotatable bonds is 2. The van der Waals surface area contributed by atoms with Crippen LogP contribution in [0.3, 0.4) is 0 Å². The van der Waals surface area contributed by atoms with Crippen molar-refractivity contribution >= 4 is 0 Å². The Morgan fingerprint density at radius 1 is 1.04 bits per heavy atom. The number of para-hydroxylation sites is 1. The number of nitrogens with one attached hydrogen (secondary N) is 1. The summed E-state index contributed by atoms with van der Waals surface area (Å²) in [4.78, 5) is 11.4. The molecule has 2 heterocycles. The largest absolute Gasteiger partial charge is 0.503 e. The van der Waals surface area contributed by atoms with Crippen LogP contribution >= 0.6 is 0 Å². The summed E-state index contributed by atoms with van der Waals surface area (Å²) in [5.41, 5.74) is 6.13. The van der Waals surface area contributed by atoms with Crippen LogP contribution in [0.2, 0.25) is 0 Å². The zero-order valence-corrected chi connectivity index (χ0v) is 12.8. The number of aromatic hydroxyl groups is 1. The molecule has 0 spiro atoms. The van der Waals surface area contributed by atoms with Gasteiger partial charge in [0.25, 0.3) is 0 Å². The van der Waals surface area contributed by atoms with Gasteiger partial charge in [-0.1, -0.05) is 42.5 Å². The number of benzene rings is 2. The van der Waals surface area contributed by atoms with Crippen LogP contribution in [0.5, 0.6) is 11.5 Å². The Morgan fingerprint density at radius 3 is 2.62 bits per heavy atom. The van der Waals surface area contributed by atoms with Crippen molar-refractivity contribution in [2.45, 2.75) is 12.6 Å². The quantitative estimate of drug-likeness (QED) is 0.762. The van der Waals surface area contributed by atoms with Gasteiger partial charge in [0.1, 0.15) is 12.4 Å². The van der Waals surface area contributed by atoms with Crippen LogP contribution < -0.4 is 15.6 Å². The molecule has 0 saturated heterocycles. The van der Waals surface area contributed by atoms with E-state index in [-0.39, 0.29) is 11.8 Å². The molecule has 120 valence electrons. The Bertz CT molecular complexity index is 902. The molecular formula is C19H16N2O3. The number of nitrogens with zero attached hydrogens (tertiary/aromatic N) is 1. The van der Waals surface area contributed by atoms with Crippen LogP contribution in [0.4, 0.5) is 0 Å². The van der Waals surface area contributed by atoms with Crippen molar-refractivity contribution in [2.24, 2.45) is 0 Å². The van der Waals surface area contributed by atoms with Gasteiger partial charge >= 0.3 is 0 Å². The Balaban J connectivity index is 1.83. The third-order valence-electron chi connectivity index (χ3n) is 4.16. The van der Waals surface area contributed by atoms with E-state index in [9.17, 15) is 9.90 Å². The van der Waals surface area contributed by atoms with E-state index in [1.165, 1.54) is 12.3 Å². The van der Waals surface area contributed by atoms with E-state index in [4.69, 9.17) is 4.74 Å². The maximum absolute atomic E-state index is 11.4. The summed E-state index contributed by atoms with van der Waals surface area (Å²) >= 11 is 0. The highest BCUT2D eigenvalue weighted by Crippen LogP contribution is 2.36. The van der Waals surface area contributed by atoms with Gasteiger partial charge in [0.15, 0.2) is 5.75 Å². The molecule has 1 atom stereocenters. The van der Waals surface area contributed by atoms with E-state index >= 15 is 0 Å². The number of pyridine rings is 1. The van der Waals surface area contributed by atoms with Gasteiger partial charge < -0.3 is 15.3 Å². The van der Waals surface area contributed by atoms with Crippen molar-refractivity contribution in [1.29, 1.82) is 0 Å². The number of aromatic nitrogens is 1. The molecule has 1 aliphatic heterocycles. The highest BCUT2D eigenvalue weighted by Gasteiger charge is 2.24. The van der Waals surface area contributed by atoms with Crippen LogP contribution in [0, 0.1) is 0 Å². The summed E-state index contributed by atoms with van der Waals surface area (Å²) in [5, 5.41) is 9.68. The average Bonchev–Trinajstić information content (AvgIpc) is 2.76. The zero-order valence-electron chi connectivity index (χ0n) is 12.8. The van der Waals surface area contributed by atoms with Gasteiger partial charge in [-0.15, -0.1) is 0 Å². The van der Waals surface area contributed by atoms with Gasteiger partial charge in [-0.3, -0.25) is 9.47 Å². The lowest BCUT2D eigenvalue weighted by Crippen LogP contribution is -2.23. The highest BCUT2D eigenvalue weighted by atomic mass is 16.5. The highest BCUT2D eigenvalue weighted by molar-refractivity contribution is 5.47. The second kappa shape index (κ2) is 5.77. The molecule has 5 nitrogen and oxygen atoms in total. The molecule has 0 radical (unpaired) electrons. The van der Waals surface area contributed by atoms with Crippen molar-refractivity contribution < 1.29 is 9.84 Å². The fraction of sp³-hybridized carbons (Fsp3) is 0.105. The summed E-state index contributed by atoms with van der Waals surface area (Å²) in [7, 11) is 0. The van der Waals surface area contributed by atoms with Crippen LogP contribution in [0.15, 0.2) is 71.8 Å². The first kappa shape index (κ1) is 14.4. The summed E-state index contributed by atoms with van der Waals surface area (Å²) in [5.74, 6) is 0.521. The molecule has 2 N–H and O–H groups in total. The van der Waals surface area contributed by atoms with E-state index in [0.717, 1.165) is 22.4 Å². The molecule has 3 aromatic rings. The van der Waals surface area contributed by atoms with Gasteiger partial charge in [0.05, 0.1) is 12.2 Å². The molecule has 1 aliphatic rings. The first-order valence-electron chi connectivity index (χ1n) is 7.70. The fourth-order valence-electron chi connectivity index (χ4n) is 2.96. The standard InChI is InChI=1S/C19H16N2O3/c22-16-9-10-21(11-17(16)23)20-19-14-6-2-1-5-13(14)12-24-18-8-4-3-7-15(18)19/h1-11,19-20,23H,12H2. The van der Waals surface area contributed by atoms with E-state index < -0.39 is 5.43 Å². The number of hydrogen-bond acceptors (Lipinski definition) is 4. The molecule has 24 heavy (non-hydrogen) atoms. The number of ether oxygens (including phenoxy) is 1. The topological polar surface area (TPSA) is 63.5 Å². The minimum atomic E-state index is -0.405. The number of hydrogen-bond donors (Lipinski definition) is 2. The lowest BCUT2D eigenvalue weighted by atomic mass is 9.95. The first-order valence-corrected chi connectivity index (χ1v) is 7.70. The number of fused-ring (bicyclic) bond motifs is 2. The van der Waals surface area contributed by atoms with Crippen LogP contribution in [0.25, 0.3) is 0 Å². The normalized spacial score (nSPS) is 15.6. The van der Waals surface area contributed by atoms with Gasteiger partial charge in [-0.2, -0.15) is 0 Å². The van der Waals surface area contributed by atoms with Crippen molar-refractivity contribution in [2.75, 3.05) is 5.43 Å². The van der Waals surface area contributed by atoms with Gasteiger partial charge in [0.2, 0.25) is 5.43 Å². The van der Waals surface area contributed by atoms with Crippen molar-refractivity contribution in [3.8, 4) is 11.5 Å². The smallest absolute Gasteiger partial charge is 0.223 e. The van der Waals surface area contributed by atoms with Crippen molar-refractivity contribution in [3.63, 3.8) is 0 Å². The Labute approximate surface area is 138 Å². The monoisotopic (exact) mass is 320 g/mol. The maximum atomic E-state index is 11.4. The average molecular weight is 320 g/mol. The third kappa shape index (κ3) is 2.50. The van der Waals surface area contributed by atoms with Crippen LogP contribution in [-0.4, -0.2) is 9.78 Å². The van der Waals surface area contributed by atoms with Crippen LogP contribution in [-0.2, 0) is 6.61 Å². The summed E-state index contributed by atoms with van der Waals surface area (Å²) in [6, 6.07) is 17.1. The maximum Gasteiger partial charge on any atom is 0.223 e. The molecule has 1 aromatic heterocycles. The van der Waals surface area contributed by atoms with Crippen LogP contribution in [0.1, 0.15) is 22.7 Å². The molecule has 2 aromatic carbocycles. The lowest BCUT2D eigenvalue weighted by Gasteiger charge is -2.23. The van der Waals surface area contributed by atoms with Crippen molar-refractivity contribution in [1.82, 2.24) is 4.68 Å². The Hall–Kier alpha value is -3.21. The van der Waals surface area contributed by atoms with E-state index in [2.05, 4.69) is 11.5 Å². The molecule has 5 heteroatoms. The van der Waals surface area contributed by atoms with Gasteiger partial charge in [-0.25, -0.2) is 0 Å². The summed E-state index contributed by atoms with van der Waals surface area (Å²) in [6.45, 7) is 0.501. The predicted molar refractivity (Wildman–Crippen MR) is 90.8 cm³/mol. The van der Waals surface area contributed by atoms with Gasteiger partial charge in [-0.05, 0) is 17.2 Å². The lowest BCUT2D eigenvalue weighted by molar-refractivity contribution is 0.307. The van der Waals surface area contributed by atoms with Gasteiger partial charge in [0, 0.05) is 17.8 Å². The van der Waals surface area contributed by atoms with Crippen molar-refractivity contribution in [3.05, 3.63) is 93.9 Å². The summed E-state index contributed by atoms with van der Waals surface area (Å²) < 4.78 is 7.53. The molecular weight excluding hydrogens is 304 g/mol. The van der Waals surface area contributed by atoms with E-state index in [1.54, 1.807) is 10.9 Å². The Kier molecular flexibility index (Phi) is 3.46. The Morgan fingerprint density at radius 2 is 1.79 bits per heavy atom. The molecule has 0 saturated carbocycles. The second-order valence-corrected chi connectivity index (χ2v) is 5.69. The van der Waals surface area contributed by atoms with E-state index in [0.29, 0.717) is 6.61 Å². The SMILES string of the molecule is O=c1ccn(NC2c3ccccc3COc3ccccc32)cc1O. The zero-order chi connectivity index (χ0) is 16.5. The predicted octanol–water partition coefficient (Wildman–Crippen LogP) is 2.78. The third-order valence-corrected chi connectivity index (χ3v) is 4.16. The molecule has 0 bridgehead atoms. The molecule has 4 rings (SSSR count). The fourth-order valence-corrected chi connectivity index (χ4v) is 2.96. The molecule has 0 aliphatic carbocycles. The summed E-state index contributed by atoms with van der Waals surface area (Å²) in [6.07, 6.45) is 2.97. The molecule has 0 amide bonds. The molecule has 1 unspecified atom stereocenters. The second-order valence-electron chi connectivity index (χ2n) is 5.69. The first-order chi connectivity index (χ1) is 11.7.